The zero-order valence-corrected chi connectivity index (χ0v) is 11.6. The van der Waals surface area contributed by atoms with Crippen molar-refractivity contribution in [2.45, 2.75) is 50.7 Å². The van der Waals surface area contributed by atoms with Crippen LogP contribution in [0.1, 0.15) is 43.7 Å². The van der Waals surface area contributed by atoms with Crippen molar-refractivity contribution in [2.24, 2.45) is 11.7 Å². The van der Waals surface area contributed by atoms with Crippen molar-refractivity contribution in [3.63, 3.8) is 0 Å². The summed E-state index contributed by atoms with van der Waals surface area (Å²) in [5.74, 6) is -0.0930. The van der Waals surface area contributed by atoms with Gasteiger partial charge >= 0.3 is 12.5 Å². The second kappa shape index (κ2) is 6.64. The Morgan fingerprint density at radius 1 is 1.10 bits per heavy atom. The fourth-order valence-electron chi connectivity index (χ4n) is 2.79. The van der Waals surface area contributed by atoms with Crippen LogP contribution in [0, 0.1) is 5.92 Å². The van der Waals surface area contributed by atoms with E-state index in [1.54, 1.807) is 12.1 Å². The summed E-state index contributed by atoms with van der Waals surface area (Å²) in [6, 6.07) is 5.46. The van der Waals surface area contributed by atoms with Crippen LogP contribution in [0.2, 0.25) is 0 Å². The van der Waals surface area contributed by atoms with Crippen LogP contribution in [-0.2, 0) is 0 Å². The molecule has 0 saturated heterocycles. The average Bonchev–Trinajstić information content (AvgIpc) is 2.47. The van der Waals surface area contributed by atoms with E-state index >= 15 is 0 Å². The highest BCUT2D eigenvalue weighted by Crippen LogP contribution is 2.38. The van der Waals surface area contributed by atoms with E-state index < -0.39 is 18.6 Å². The Bertz CT molecular complexity index is 461. The number of benzene rings is 1. The molecule has 0 bridgehead atoms. The van der Waals surface area contributed by atoms with E-state index in [0.717, 1.165) is 32.1 Å². The maximum absolute atomic E-state index is 13.1. The van der Waals surface area contributed by atoms with Crippen molar-refractivity contribution in [3.05, 3.63) is 29.8 Å². The normalized spacial score (nSPS) is 18.8. The Labute approximate surface area is 121 Å². The Morgan fingerprint density at radius 2 is 1.71 bits per heavy atom. The molecule has 0 aromatic heterocycles. The number of hydrogen-bond acceptors (Lipinski definition) is 2. The summed E-state index contributed by atoms with van der Waals surface area (Å²) in [6.45, 7) is 0. The van der Waals surface area contributed by atoms with E-state index in [-0.39, 0.29) is 11.7 Å². The molecule has 1 atom stereocenters. The predicted octanol–water partition coefficient (Wildman–Crippen LogP) is 4.50. The smallest absolute Gasteiger partial charge is 0.428 e. The zero-order chi connectivity index (χ0) is 15.5. The van der Waals surface area contributed by atoms with E-state index in [1.165, 1.54) is 12.1 Å². The molecule has 1 fully saturated rings. The molecule has 1 aromatic rings. The summed E-state index contributed by atoms with van der Waals surface area (Å²) in [5, 5.41) is 0. The fourth-order valence-corrected chi connectivity index (χ4v) is 2.79. The third kappa shape index (κ3) is 3.87. The molecule has 0 heterocycles. The van der Waals surface area contributed by atoms with Gasteiger partial charge in [0.2, 0.25) is 0 Å². The summed E-state index contributed by atoms with van der Waals surface area (Å²) in [6.07, 6.45) is -3.31. The van der Waals surface area contributed by atoms with Gasteiger partial charge < -0.3 is 10.5 Å². The summed E-state index contributed by atoms with van der Waals surface area (Å²) in [4.78, 5) is 0. The Balaban J connectivity index is 2.19. The number of rotatable bonds is 5. The third-order valence-corrected chi connectivity index (χ3v) is 3.94. The molecular weight excluding hydrogens is 286 g/mol. The van der Waals surface area contributed by atoms with E-state index in [9.17, 15) is 17.6 Å². The van der Waals surface area contributed by atoms with E-state index in [2.05, 4.69) is 4.74 Å². The molecule has 1 aromatic carbocycles. The summed E-state index contributed by atoms with van der Waals surface area (Å²) >= 11 is 0. The fraction of sp³-hybridized carbons (Fsp3) is 0.600. The first-order valence-corrected chi connectivity index (χ1v) is 7.11. The Morgan fingerprint density at radius 3 is 2.33 bits per heavy atom. The predicted molar refractivity (Wildman–Crippen MR) is 71.5 cm³/mol. The number of alkyl halides is 4. The lowest BCUT2D eigenvalue weighted by molar-refractivity contribution is -0.253. The standard InChI is InChI=1S/C15H19F4NO/c16-14(17)15(18,19)21-12-9-5-4-8-11(12)13(20)10-6-2-1-3-7-10/h4-5,8-10,13-14H,1-3,6-7,20H2/t13-/m0/s1. The van der Waals surface area contributed by atoms with Gasteiger partial charge in [0.25, 0.3) is 0 Å². The molecule has 2 rings (SSSR count). The van der Waals surface area contributed by atoms with Gasteiger partial charge in [-0.25, -0.2) is 0 Å². The average molecular weight is 305 g/mol. The van der Waals surface area contributed by atoms with Gasteiger partial charge in [0.15, 0.2) is 0 Å². The van der Waals surface area contributed by atoms with Crippen LogP contribution in [-0.4, -0.2) is 12.5 Å². The molecule has 1 aliphatic carbocycles. The molecule has 2 N–H and O–H groups in total. The first-order valence-electron chi connectivity index (χ1n) is 7.11. The van der Waals surface area contributed by atoms with E-state index in [1.807, 2.05) is 0 Å². The highest BCUT2D eigenvalue weighted by molar-refractivity contribution is 5.36. The molecule has 6 heteroatoms. The minimum Gasteiger partial charge on any atom is -0.428 e. The quantitative estimate of drug-likeness (QED) is 0.813. The number of para-hydroxylation sites is 1. The summed E-state index contributed by atoms with van der Waals surface area (Å²) < 4.78 is 55.0. The molecule has 0 aliphatic heterocycles. The van der Waals surface area contributed by atoms with Gasteiger partial charge in [0, 0.05) is 11.6 Å². The van der Waals surface area contributed by atoms with Crippen molar-refractivity contribution in [1.29, 1.82) is 0 Å². The molecule has 21 heavy (non-hydrogen) atoms. The van der Waals surface area contributed by atoms with Crippen molar-refractivity contribution in [3.8, 4) is 5.75 Å². The highest BCUT2D eigenvalue weighted by Gasteiger charge is 2.44. The van der Waals surface area contributed by atoms with Gasteiger partial charge in [-0.1, -0.05) is 37.5 Å². The second-order valence-corrected chi connectivity index (χ2v) is 5.43. The molecule has 0 spiro atoms. The number of halogens is 4. The number of ether oxygens (including phenoxy) is 1. The van der Waals surface area contributed by atoms with Crippen molar-refractivity contribution in [2.75, 3.05) is 0 Å². The van der Waals surface area contributed by atoms with Crippen LogP contribution in [0.3, 0.4) is 0 Å². The first-order chi connectivity index (χ1) is 9.92. The zero-order valence-electron chi connectivity index (χ0n) is 11.6. The largest absolute Gasteiger partial charge is 0.461 e. The van der Waals surface area contributed by atoms with E-state index in [4.69, 9.17) is 5.73 Å². The van der Waals surface area contributed by atoms with Crippen LogP contribution in [0.5, 0.6) is 5.75 Å². The number of hydrogen-bond donors (Lipinski definition) is 1. The van der Waals surface area contributed by atoms with Gasteiger partial charge in [-0.3, -0.25) is 0 Å². The summed E-state index contributed by atoms with van der Waals surface area (Å²) in [7, 11) is 0. The molecule has 1 saturated carbocycles. The molecule has 118 valence electrons. The first kappa shape index (κ1) is 16.1. The Kier molecular flexibility index (Phi) is 5.08. The Hall–Kier alpha value is -1.30. The van der Waals surface area contributed by atoms with Crippen molar-refractivity contribution < 1.29 is 22.3 Å². The van der Waals surface area contributed by atoms with Gasteiger partial charge in [0.05, 0.1) is 0 Å². The molecule has 2 nitrogen and oxygen atoms in total. The third-order valence-electron chi connectivity index (χ3n) is 3.94. The topological polar surface area (TPSA) is 35.2 Å². The minimum atomic E-state index is -4.51. The maximum atomic E-state index is 13.1. The maximum Gasteiger partial charge on any atom is 0.461 e. The lowest BCUT2D eigenvalue weighted by Gasteiger charge is -2.29. The second-order valence-electron chi connectivity index (χ2n) is 5.43. The van der Waals surface area contributed by atoms with Crippen LogP contribution < -0.4 is 10.5 Å². The highest BCUT2D eigenvalue weighted by atomic mass is 19.3. The van der Waals surface area contributed by atoms with Crippen molar-refractivity contribution in [1.82, 2.24) is 0 Å². The monoisotopic (exact) mass is 305 g/mol. The van der Waals surface area contributed by atoms with Gasteiger partial charge in [-0.05, 0) is 24.8 Å². The van der Waals surface area contributed by atoms with Crippen LogP contribution in [0.25, 0.3) is 0 Å². The van der Waals surface area contributed by atoms with Gasteiger partial charge in [-0.15, -0.1) is 0 Å². The van der Waals surface area contributed by atoms with Gasteiger partial charge in [-0.2, -0.15) is 17.6 Å². The van der Waals surface area contributed by atoms with Gasteiger partial charge in [0.1, 0.15) is 5.75 Å². The minimum absolute atomic E-state index is 0.170. The number of nitrogens with two attached hydrogens (primary N) is 1. The van der Waals surface area contributed by atoms with Crippen LogP contribution >= 0.6 is 0 Å². The van der Waals surface area contributed by atoms with Crippen molar-refractivity contribution >= 4 is 0 Å². The van der Waals surface area contributed by atoms with Crippen LogP contribution in [0.4, 0.5) is 17.6 Å². The summed E-state index contributed by atoms with van der Waals surface area (Å²) in [5.41, 5.74) is 6.52. The lowest BCUT2D eigenvalue weighted by Crippen LogP contribution is -2.34. The molecule has 1 aliphatic rings. The van der Waals surface area contributed by atoms with Crippen LogP contribution in [0.15, 0.2) is 24.3 Å². The molecular formula is C15H19F4NO. The lowest BCUT2D eigenvalue weighted by atomic mass is 9.81. The molecule has 0 radical (unpaired) electrons. The molecule has 0 amide bonds. The SMILES string of the molecule is N[C@H](c1ccccc1OC(F)(F)C(F)F)C1CCCCC1. The molecule has 0 unspecified atom stereocenters. The van der Waals surface area contributed by atoms with E-state index in [0.29, 0.717) is 5.56 Å².